The molecule has 22 heavy (non-hydrogen) atoms. The van der Waals surface area contributed by atoms with E-state index in [1.54, 1.807) is 0 Å². The fourth-order valence-corrected chi connectivity index (χ4v) is 5.34. The molecule has 3 rings (SSSR count). The summed E-state index contributed by atoms with van der Waals surface area (Å²) in [5.74, 6) is 0.398. The highest BCUT2D eigenvalue weighted by Crippen LogP contribution is 2.21. The van der Waals surface area contributed by atoms with Crippen molar-refractivity contribution in [1.82, 2.24) is 9.80 Å². The quantitative estimate of drug-likeness (QED) is 0.822. The third-order valence-electron chi connectivity index (χ3n) is 4.95. The van der Waals surface area contributed by atoms with Gasteiger partial charge in [0.15, 0.2) is 9.84 Å². The molecule has 4 nitrogen and oxygen atoms in total. The second-order valence-electron chi connectivity index (χ2n) is 6.51. The standard InChI is InChI=1S/C17H26N2O2S/c20-22(21)14-4-7-17(22)15-19-12-10-18(11-13-19)9-8-16-5-2-1-3-6-16/h1-3,5-6,17H,4,7-15H2. The van der Waals surface area contributed by atoms with Crippen molar-refractivity contribution >= 4 is 9.84 Å². The molecule has 0 amide bonds. The topological polar surface area (TPSA) is 40.6 Å². The SMILES string of the molecule is O=S1(=O)CCCC1CN1CCN(CCc2ccccc2)CC1. The van der Waals surface area contributed by atoms with Gasteiger partial charge >= 0.3 is 0 Å². The maximum atomic E-state index is 11.9. The molecule has 2 aliphatic heterocycles. The van der Waals surface area contributed by atoms with Gasteiger partial charge in [0.25, 0.3) is 0 Å². The van der Waals surface area contributed by atoms with Crippen molar-refractivity contribution in [2.75, 3.05) is 45.0 Å². The first-order valence-corrected chi connectivity index (χ1v) is 10.1. The number of sulfone groups is 1. The van der Waals surface area contributed by atoms with Gasteiger partial charge in [-0.15, -0.1) is 0 Å². The highest BCUT2D eigenvalue weighted by molar-refractivity contribution is 7.92. The summed E-state index contributed by atoms with van der Waals surface area (Å²) in [5, 5.41) is -0.108. The van der Waals surface area contributed by atoms with Crippen molar-refractivity contribution in [1.29, 1.82) is 0 Å². The van der Waals surface area contributed by atoms with E-state index >= 15 is 0 Å². The second-order valence-corrected chi connectivity index (χ2v) is 8.91. The maximum Gasteiger partial charge on any atom is 0.154 e. The lowest BCUT2D eigenvalue weighted by Gasteiger charge is -2.35. The fraction of sp³-hybridized carbons (Fsp3) is 0.647. The van der Waals surface area contributed by atoms with Crippen LogP contribution in [0.2, 0.25) is 0 Å². The van der Waals surface area contributed by atoms with Crippen LogP contribution in [0.1, 0.15) is 18.4 Å². The smallest absolute Gasteiger partial charge is 0.154 e. The van der Waals surface area contributed by atoms with Gasteiger partial charge in [-0.05, 0) is 24.8 Å². The number of piperazine rings is 1. The van der Waals surface area contributed by atoms with Crippen LogP contribution in [-0.4, -0.2) is 68.5 Å². The fourth-order valence-electron chi connectivity index (χ4n) is 3.48. The zero-order valence-corrected chi connectivity index (χ0v) is 14.0. The third-order valence-corrected chi connectivity index (χ3v) is 7.21. The van der Waals surface area contributed by atoms with Crippen LogP contribution in [0.4, 0.5) is 0 Å². The summed E-state index contributed by atoms with van der Waals surface area (Å²) in [6.07, 6.45) is 2.80. The Bertz CT molecular complexity index is 566. The van der Waals surface area contributed by atoms with Crippen LogP contribution in [0.5, 0.6) is 0 Å². The van der Waals surface area contributed by atoms with Gasteiger partial charge < -0.3 is 4.90 Å². The summed E-state index contributed by atoms with van der Waals surface area (Å²) in [6, 6.07) is 10.6. The monoisotopic (exact) mass is 322 g/mol. The van der Waals surface area contributed by atoms with Gasteiger partial charge in [-0.2, -0.15) is 0 Å². The molecule has 2 fully saturated rings. The Hall–Kier alpha value is -0.910. The minimum absolute atomic E-state index is 0.108. The molecule has 1 atom stereocenters. The number of hydrogen-bond donors (Lipinski definition) is 0. The second kappa shape index (κ2) is 7.11. The minimum atomic E-state index is -2.80. The molecule has 0 aromatic heterocycles. The van der Waals surface area contributed by atoms with Gasteiger partial charge in [-0.3, -0.25) is 4.90 Å². The number of hydrogen-bond acceptors (Lipinski definition) is 4. The summed E-state index contributed by atoms with van der Waals surface area (Å²) < 4.78 is 23.8. The summed E-state index contributed by atoms with van der Waals surface area (Å²) in [6.45, 7) is 5.95. The third kappa shape index (κ3) is 4.09. The maximum absolute atomic E-state index is 11.9. The molecule has 0 radical (unpaired) electrons. The Morgan fingerprint density at radius 1 is 1.00 bits per heavy atom. The van der Waals surface area contributed by atoms with Crippen LogP contribution in [0.3, 0.4) is 0 Å². The molecule has 2 heterocycles. The average Bonchev–Trinajstić information content (AvgIpc) is 2.86. The Balaban J connectivity index is 1.41. The van der Waals surface area contributed by atoms with Crippen LogP contribution in [-0.2, 0) is 16.3 Å². The number of rotatable bonds is 5. The van der Waals surface area contributed by atoms with E-state index in [0.29, 0.717) is 5.75 Å². The van der Waals surface area contributed by atoms with E-state index in [1.807, 2.05) is 0 Å². The molecule has 5 heteroatoms. The lowest BCUT2D eigenvalue weighted by molar-refractivity contribution is 0.133. The van der Waals surface area contributed by atoms with Gasteiger partial charge in [0.1, 0.15) is 0 Å². The predicted molar refractivity (Wildman–Crippen MR) is 89.8 cm³/mol. The molecular formula is C17H26N2O2S. The lowest BCUT2D eigenvalue weighted by Crippen LogP contribution is -2.49. The van der Waals surface area contributed by atoms with E-state index in [-0.39, 0.29) is 5.25 Å². The molecular weight excluding hydrogens is 296 g/mol. The molecule has 0 bridgehead atoms. The van der Waals surface area contributed by atoms with Crippen molar-refractivity contribution in [3.63, 3.8) is 0 Å². The van der Waals surface area contributed by atoms with Crippen LogP contribution in [0, 0.1) is 0 Å². The van der Waals surface area contributed by atoms with E-state index in [1.165, 1.54) is 5.56 Å². The van der Waals surface area contributed by atoms with Crippen molar-refractivity contribution in [3.8, 4) is 0 Å². The first-order chi connectivity index (χ1) is 10.6. The van der Waals surface area contributed by atoms with Crippen molar-refractivity contribution in [2.24, 2.45) is 0 Å². The summed E-state index contributed by atoms with van der Waals surface area (Å²) >= 11 is 0. The van der Waals surface area contributed by atoms with Crippen molar-refractivity contribution < 1.29 is 8.42 Å². The van der Waals surface area contributed by atoms with Crippen molar-refractivity contribution in [2.45, 2.75) is 24.5 Å². The molecule has 0 aliphatic carbocycles. The van der Waals surface area contributed by atoms with Crippen LogP contribution >= 0.6 is 0 Å². The molecule has 122 valence electrons. The van der Waals surface area contributed by atoms with E-state index in [9.17, 15) is 8.42 Å². The molecule has 0 spiro atoms. The molecule has 0 N–H and O–H groups in total. The number of benzene rings is 1. The normalized spacial score (nSPS) is 26.3. The molecule has 1 unspecified atom stereocenters. The van der Waals surface area contributed by atoms with E-state index in [2.05, 4.69) is 40.1 Å². The summed E-state index contributed by atoms with van der Waals surface area (Å²) in [5.41, 5.74) is 1.39. The first kappa shape index (κ1) is 16.0. The number of nitrogens with zero attached hydrogens (tertiary/aromatic N) is 2. The summed E-state index contributed by atoms with van der Waals surface area (Å²) in [7, 11) is -2.80. The summed E-state index contributed by atoms with van der Waals surface area (Å²) in [4.78, 5) is 4.83. The minimum Gasteiger partial charge on any atom is -0.300 e. The van der Waals surface area contributed by atoms with Gasteiger partial charge in [0, 0.05) is 39.3 Å². The Kier molecular flexibility index (Phi) is 5.16. The molecule has 1 aromatic carbocycles. The Labute approximate surface area is 134 Å². The highest BCUT2D eigenvalue weighted by Gasteiger charge is 2.33. The molecule has 2 aliphatic rings. The first-order valence-electron chi connectivity index (χ1n) is 8.34. The molecule has 0 saturated carbocycles. The van der Waals surface area contributed by atoms with Gasteiger partial charge in [-0.1, -0.05) is 30.3 Å². The zero-order chi connectivity index (χ0) is 15.4. The van der Waals surface area contributed by atoms with E-state index in [0.717, 1.165) is 58.5 Å². The average molecular weight is 322 g/mol. The zero-order valence-electron chi connectivity index (χ0n) is 13.2. The van der Waals surface area contributed by atoms with E-state index in [4.69, 9.17) is 0 Å². The lowest BCUT2D eigenvalue weighted by atomic mass is 10.1. The van der Waals surface area contributed by atoms with Gasteiger partial charge in [0.05, 0.1) is 11.0 Å². The van der Waals surface area contributed by atoms with Crippen molar-refractivity contribution in [3.05, 3.63) is 35.9 Å². The van der Waals surface area contributed by atoms with Crippen LogP contribution < -0.4 is 0 Å². The predicted octanol–water partition coefficient (Wildman–Crippen LogP) is 1.42. The highest BCUT2D eigenvalue weighted by atomic mass is 32.2. The Morgan fingerprint density at radius 2 is 1.68 bits per heavy atom. The van der Waals surface area contributed by atoms with Gasteiger partial charge in [0.2, 0.25) is 0 Å². The van der Waals surface area contributed by atoms with Gasteiger partial charge in [-0.25, -0.2) is 8.42 Å². The van der Waals surface area contributed by atoms with Crippen LogP contribution in [0.25, 0.3) is 0 Å². The van der Waals surface area contributed by atoms with Crippen LogP contribution in [0.15, 0.2) is 30.3 Å². The largest absolute Gasteiger partial charge is 0.300 e. The molecule has 1 aromatic rings. The van der Waals surface area contributed by atoms with E-state index < -0.39 is 9.84 Å². The molecule has 2 saturated heterocycles. The Morgan fingerprint density at radius 3 is 2.32 bits per heavy atom.